The van der Waals surface area contributed by atoms with E-state index in [1.807, 2.05) is 0 Å². The molecule has 0 aliphatic heterocycles. The highest BCUT2D eigenvalue weighted by atomic mass is 32.2. The average Bonchev–Trinajstić information content (AvgIpc) is 2.04. The Bertz CT molecular complexity index is 253. The zero-order valence-electron chi connectivity index (χ0n) is 8.63. The molecule has 0 aliphatic carbocycles. The molecule has 1 aromatic rings. The van der Waals surface area contributed by atoms with E-state index in [4.69, 9.17) is 0 Å². The van der Waals surface area contributed by atoms with Crippen molar-refractivity contribution in [2.45, 2.75) is 31.9 Å². The van der Waals surface area contributed by atoms with E-state index < -0.39 is 0 Å². The quantitative estimate of drug-likeness (QED) is 0.684. The third-order valence-corrected chi connectivity index (χ3v) is 2.63. The molecule has 0 nitrogen and oxygen atoms in total. The lowest BCUT2D eigenvalue weighted by Gasteiger charge is -2.19. The normalized spacial score (nSPS) is 11.7. The maximum atomic E-state index is 3.77. The van der Waals surface area contributed by atoms with Gasteiger partial charge in [-0.3, -0.25) is 0 Å². The predicted molar refractivity (Wildman–Crippen MR) is 61.8 cm³/mol. The SMILES string of the molecule is [CH2]SCc1ccc(C(C)(C)C)cc1. The number of hydrogen-bond donors (Lipinski definition) is 0. The van der Waals surface area contributed by atoms with Crippen LogP contribution in [0, 0.1) is 6.26 Å². The smallest absolute Gasteiger partial charge is 0.0184 e. The molecule has 1 heteroatoms. The minimum Gasteiger partial charge on any atom is -0.156 e. The van der Waals surface area contributed by atoms with Crippen molar-refractivity contribution in [2.75, 3.05) is 0 Å². The van der Waals surface area contributed by atoms with Crippen LogP contribution < -0.4 is 0 Å². The molecule has 0 fully saturated rings. The fourth-order valence-corrected chi connectivity index (χ4v) is 1.65. The van der Waals surface area contributed by atoms with Gasteiger partial charge in [0.15, 0.2) is 0 Å². The third-order valence-electron chi connectivity index (χ3n) is 2.09. The van der Waals surface area contributed by atoms with E-state index in [9.17, 15) is 0 Å². The second kappa shape index (κ2) is 4.19. The highest BCUT2D eigenvalue weighted by molar-refractivity contribution is 7.99. The van der Waals surface area contributed by atoms with Crippen molar-refractivity contribution in [1.29, 1.82) is 0 Å². The number of rotatable bonds is 2. The Morgan fingerprint density at radius 3 is 2.08 bits per heavy atom. The van der Waals surface area contributed by atoms with Crippen LogP contribution in [0.5, 0.6) is 0 Å². The highest BCUT2D eigenvalue weighted by Crippen LogP contribution is 2.23. The lowest BCUT2D eigenvalue weighted by Crippen LogP contribution is -2.10. The van der Waals surface area contributed by atoms with Crippen molar-refractivity contribution in [2.24, 2.45) is 0 Å². The van der Waals surface area contributed by atoms with E-state index in [-0.39, 0.29) is 5.41 Å². The van der Waals surface area contributed by atoms with Crippen LogP contribution in [0.25, 0.3) is 0 Å². The topological polar surface area (TPSA) is 0 Å². The number of thioether (sulfide) groups is 1. The Hall–Kier alpha value is -0.430. The lowest BCUT2D eigenvalue weighted by molar-refractivity contribution is 0.590. The van der Waals surface area contributed by atoms with Gasteiger partial charge in [-0.15, -0.1) is 0 Å². The number of benzene rings is 1. The first-order valence-electron chi connectivity index (χ1n) is 4.50. The summed E-state index contributed by atoms with van der Waals surface area (Å²) in [6.07, 6.45) is 3.77. The van der Waals surface area contributed by atoms with Gasteiger partial charge in [0.1, 0.15) is 0 Å². The summed E-state index contributed by atoms with van der Waals surface area (Å²) in [5.41, 5.74) is 3.01. The van der Waals surface area contributed by atoms with E-state index >= 15 is 0 Å². The highest BCUT2D eigenvalue weighted by Gasteiger charge is 2.12. The average molecular weight is 193 g/mol. The minimum absolute atomic E-state index is 0.260. The van der Waals surface area contributed by atoms with E-state index in [0.29, 0.717) is 0 Å². The summed E-state index contributed by atoms with van der Waals surface area (Å²) >= 11 is 1.62. The van der Waals surface area contributed by atoms with Crippen molar-refractivity contribution in [3.63, 3.8) is 0 Å². The second-order valence-corrected chi connectivity index (χ2v) is 4.99. The summed E-state index contributed by atoms with van der Waals surface area (Å²) in [5.74, 6) is 1.00. The molecular formula is C12H17S. The van der Waals surface area contributed by atoms with Crippen LogP contribution in [0.2, 0.25) is 0 Å². The van der Waals surface area contributed by atoms with Crippen molar-refractivity contribution >= 4 is 11.8 Å². The largest absolute Gasteiger partial charge is 0.156 e. The Labute approximate surface area is 85.7 Å². The van der Waals surface area contributed by atoms with Gasteiger partial charge in [0.2, 0.25) is 0 Å². The summed E-state index contributed by atoms with van der Waals surface area (Å²) in [4.78, 5) is 0. The van der Waals surface area contributed by atoms with E-state index in [1.165, 1.54) is 11.1 Å². The summed E-state index contributed by atoms with van der Waals surface area (Å²) in [6, 6.07) is 8.81. The van der Waals surface area contributed by atoms with Crippen LogP contribution in [-0.2, 0) is 11.2 Å². The molecule has 0 aliphatic rings. The van der Waals surface area contributed by atoms with Crippen molar-refractivity contribution < 1.29 is 0 Å². The minimum atomic E-state index is 0.260. The first-order chi connectivity index (χ1) is 6.04. The van der Waals surface area contributed by atoms with Gasteiger partial charge < -0.3 is 0 Å². The fraction of sp³-hybridized carbons (Fsp3) is 0.417. The van der Waals surface area contributed by atoms with E-state index in [2.05, 4.69) is 51.3 Å². The van der Waals surface area contributed by atoms with Crippen molar-refractivity contribution in [3.05, 3.63) is 41.6 Å². The predicted octanol–water partition coefficient (Wildman–Crippen LogP) is 4.01. The molecule has 0 aromatic heterocycles. The molecule has 0 heterocycles. The Morgan fingerprint density at radius 2 is 1.69 bits per heavy atom. The summed E-state index contributed by atoms with van der Waals surface area (Å²) in [5, 5.41) is 0. The lowest BCUT2D eigenvalue weighted by atomic mass is 9.87. The van der Waals surface area contributed by atoms with Crippen molar-refractivity contribution in [3.8, 4) is 0 Å². The van der Waals surface area contributed by atoms with Crippen molar-refractivity contribution in [1.82, 2.24) is 0 Å². The standard InChI is InChI=1S/C12H17S/c1-12(2,3)11-7-5-10(6-8-11)9-13-4/h5-8H,4,9H2,1-3H3. The van der Waals surface area contributed by atoms with Gasteiger partial charge in [0.05, 0.1) is 0 Å². The number of hydrogen-bond acceptors (Lipinski definition) is 1. The van der Waals surface area contributed by atoms with Gasteiger partial charge >= 0.3 is 0 Å². The Balaban J connectivity index is 2.81. The molecule has 13 heavy (non-hydrogen) atoms. The molecule has 0 bridgehead atoms. The first kappa shape index (κ1) is 10.6. The van der Waals surface area contributed by atoms with Gasteiger partial charge in [0.25, 0.3) is 0 Å². The van der Waals surface area contributed by atoms with Crippen LogP contribution >= 0.6 is 11.8 Å². The molecule has 1 rings (SSSR count). The Kier molecular flexibility index (Phi) is 3.43. The summed E-state index contributed by atoms with van der Waals surface area (Å²) in [7, 11) is 0. The van der Waals surface area contributed by atoms with Crippen LogP contribution in [0.1, 0.15) is 31.9 Å². The fourth-order valence-electron chi connectivity index (χ4n) is 1.22. The van der Waals surface area contributed by atoms with Crippen LogP contribution in [-0.4, -0.2) is 0 Å². The molecule has 0 saturated carbocycles. The van der Waals surface area contributed by atoms with Crippen LogP contribution in [0.4, 0.5) is 0 Å². The zero-order chi connectivity index (χ0) is 9.90. The van der Waals surface area contributed by atoms with Gasteiger partial charge in [-0.2, -0.15) is 11.8 Å². The summed E-state index contributed by atoms with van der Waals surface area (Å²) < 4.78 is 0. The first-order valence-corrected chi connectivity index (χ1v) is 5.66. The molecule has 0 unspecified atom stereocenters. The van der Waals surface area contributed by atoms with Gasteiger partial charge in [0, 0.05) is 12.0 Å². The molecule has 0 N–H and O–H groups in total. The van der Waals surface area contributed by atoms with E-state index in [1.54, 1.807) is 11.8 Å². The van der Waals surface area contributed by atoms with E-state index in [0.717, 1.165) is 5.75 Å². The van der Waals surface area contributed by atoms with Gasteiger partial charge in [-0.05, 0) is 16.5 Å². The molecule has 0 saturated heterocycles. The second-order valence-electron chi connectivity index (χ2n) is 4.30. The Morgan fingerprint density at radius 1 is 1.15 bits per heavy atom. The maximum absolute atomic E-state index is 3.77. The van der Waals surface area contributed by atoms with Crippen LogP contribution in [0.3, 0.4) is 0 Å². The molecule has 1 radical (unpaired) electrons. The molecule has 1 aromatic carbocycles. The third kappa shape index (κ3) is 3.07. The zero-order valence-corrected chi connectivity index (χ0v) is 9.45. The molecule has 0 amide bonds. The monoisotopic (exact) mass is 193 g/mol. The van der Waals surface area contributed by atoms with Gasteiger partial charge in [-0.1, -0.05) is 45.0 Å². The van der Waals surface area contributed by atoms with Crippen LogP contribution in [0.15, 0.2) is 24.3 Å². The molecule has 71 valence electrons. The van der Waals surface area contributed by atoms with Gasteiger partial charge in [-0.25, -0.2) is 0 Å². The molecule has 0 spiro atoms. The molecule has 0 atom stereocenters. The maximum Gasteiger partial charge on any atom is 0.0184 e. The summed E-state index contributed by atoms with van der Waals surface area (Å²) in [6.45, 7) is 6.70. The molecular weight excluding hydrogens is 176 g/mol.